The summed E-state index contributed by atoms with van der Waals surface area (Å²) in [7, 11) is 1.94. The maximum absolute atomic E-state index is 5.87. The molecule has 0 saturated heterocycles. The molecule has 0 bridgehead atoms. The Morgan fingerprint density at radius 1 is 1.00 bits per heavy atom. The van der Waals surface area contributed by atoms with Crippen molar-refractivity contribution in [2.75, 3.05) is 12.4 Å². The summed E-state index contributed by atoms with van der Waals surface area (Å²) in [5, 5.41) is 5.27. The highest BCUT2D eigenvalue weighted by atomic mass is 35.5. The number of benzene rings is 2. The average molecular weight is 325 g/mol. The van der Waals surface area contributed by atoms with Crippen LogP contribution in [0.3, 0.4) is 0 Å². The minimum Gasteiger partial charge on any atom is -0.348 e. The van der Waals surface area contributed by atoms with Crippen LogP contribution in [0, 0.1) is 0 Å². The zero-order valence-corrected chi connectivity index (χ0v) is 13.3. The molecule has 0 aliphatic carbocycles. The fourth-order valence-corrected chi connectivity index (χ4v) is 2.12. The third-order valence-corrected chi connectivity index (χ3v) is 3.69. The number of hydrogen-bond acceptors (Lipinski definition) is 1. The molecule has 0 aliphatic heterocycles. The Hall–Kier alpha value is -1.29. The summed E-state index contributed by atoms with van der Waals surface area (Å²) in [6.45, 7) is 0.719. The minimum atomic E-state index is 0.655. The molecule has 0 aliphatic rings. The van der Waals surface area contributed by atoms with Gasteiger partial charge in [-0.25, -0.2) is 0 Å². The maximum Gasteiger partial charge on any atom is 0.173 e. The SMILES string of the molecule is CN(Cc1ccc(Cl)cc1)C(=S)Nc1ccc(Cl)cc1. The molecule has 0 unspecified atom stereocenters. The average Bonchev–Trinajstić information content (AvgIpc) is 2.44. The highest BCUT2D eigenvalue weighted by molar-refractivity contribution is 7.80. The summed E-state index contributed by atoms with van der Waals surface area (Å²) < 4.78 is 0. The molecular formula is C15H14Cl2N2S. The molecule has 0 radical (unpaired) electrons. The Bertz CT molecular complexity index is 582. The molecule has 0 saturated carbocycles. The van der Waals surface area contributed by atoms with Crippen LogP contribution in [0.2, 0.25) is 10.0 Å². The van der Waals surface area contributed by atoms with Gasteiger partial charge in [-0.3, -0.25) is 0 Å². The molecule has 2 aromatic rings. The van der Waals surface area contributed by atoms with Crippen molar-refractivity contribution in [3.8, 4) is 0 Å². The van der Waals surface area contributed by atoms with Gasteiger partial charge < -0.3 is 10.2 Å². The zero-order valence-electron chi connectivity index (χ0n) is 10.9. The number of thiocarbonyl (C=S) groups is 1. The van der Waals surface area contributed by atoms with Gasteiger partial charge >= 0.3 is 0 Å². The van der Waals surface area contributed by atoms with Gasteiger partial charge in [-0.05, 0) is 54.2 Å². The summed E-state index contributed by atoms with van der Waals surface area (Å²) in [6, 6.07) is 15.2. The van der Waals surface area contributed by atoms with E-state index in [1.54, 1.807) is 0 Å². The number of rotatable bonds is 3. The number of anilines is 1. The van der Waals surface area contributed by atoms with E-state index < -0.39 is 0 Å². The molecule has 2 rings (SSSR count). The first kappa shape index (κ1) is 15.1. The van der Waals surface area contributed by atoms with Crippen molar-refractivity contribution < 1.29 is 0 Å². The van der Waals surface area contributed by atoms with Crippen molar-refractivity contribution >= 4 is 46.2 Å². The van der Waals surface area contributed by atoms with Crippen molar-refractivity contribution in [2.24, 2.45) is 0 Å². The van der Waals surface area contributed by atoms with Crippen LogP contribution >= 0.6 is 35.4 Å². The topological polar surface area (TPSA) is 15.3 Å². The highest BCUT2D eigenvalue weighted by Crippen LogP contribution is 2.15. The third-order valence-electron chi connectivity index (χ3n) is 2.78. The van der Waals surface area contributed by atoms with E-state index in [9.17, 15) is 0 Å². The first-order valence-corrected chi connectivity index (χ1v) is 7.23. The van der Waals surface area contributed by atoms with E-state index in [1.807, 2.05) is 60.5 Å². The standard InChI is InChI=1S/C15H14Cl2N2S/c1-19(10-11-2-4-12(16)5-3-11)15(20)18-14-8-6-13(17)7-9-14/h2-9H,10H2,1H3,(H,18,20). The molecule has 5 heteroatoms. The molecule has 20 heavy (non-hydrogen) atoms. The molecule has 104 valence electrons. The second-order valence-corrected chi connectivity index (χ2v) is 5.68. The minimum absolute atomic E-state index is 0.655. The second-order valence-electron chi connectivity index (χ2n) is 4.42. The van der Waals surface area contributed by atoms with E-state index in [0.717, 1.165) is 22.8 Å². The van der Waals surface area contributed by atoms with Crippen LogP contribution in [0.25, 0.3) is 0 Å². The number of nitrogens with one attached hydrogen (secondary N) is 1. The van der Waals surface area contributed by atoms with Gasteiger partial charge in [0.05, 0.1) is 0 Å². The molecule has 2 aromatic carbocycles. The van der Waals surface area contributed by atoms with E-state index >= 15 is 0 Å². The van der Waals surface area contributed by atoms with Crippen LogP contribution in [0.4, 0.5) is 5.69 Å². The third kappa shape index (κ3) is 4.37. The van der Waals surface area contributed by atoms with Crippen LogP contribution in [-0.2, 0) is 6.54 Å². The fraction of sp³-hybridized carbons (Fsp3) is 0.133. The van der Waals surface area contributed by atoms with Gasteiger partial charge in [0.25, 0.3) is 0 Å². The first-order chi connectivity index (χ1) is 9.54. The number of hydrogen-bond donors (Lipinski definition) is 1. The van der Waals surface area contributed by atoms with Crippen molar-refractivity contribution in [3.63, 3.8) is 0 Å². The zero-order chi connectivity index (χ0) is 14.5. The van der Waals surface area contributed by atoms with Crippen LogP contribution in [0.15, 0.2) is 48.5 Å². The van der Waals surface area contributed by atoms with Crippen molar-refractivity contribution in [1.82, 2.24) is 4.90 Å². The summed E-state index contributed by atoms with van der Waals surface area (Å²) in [5.74, 6) is 0. The highest BCUT2D eigenvalue weighted by Gasteiger charge is 2.05. The second kappa shape index (κ2) is 6.93. The van der Waals surface area contributed by atoms with Gasteiger partial charge in [-0.2, -0.15) is 0 Å². The van der Waals surface area contributed by atoms with Crippen molar-refractivity contribution in [1.29, 1.82) is 0 Å². The summed E-state index contributed by atoms with van der Waals surface area (Å²) in [6.07, 6.45) is 0. The van der Waals surface area contributed by atoms with Gasteiger partial charge in [0, 0.05) is 29.3 Å². The lowest BCUT2D eigenvalue weighted by Crippen LogP contribution is -2.30. The van der Waals surface area contributed by atoms with E-state index in [4.69, 9.17) is 35.4 Å². The van der Waals surface area contributed by atoms with Gasteiger partial charge in [-0.1, -0.05) is 35.3 Å². The molecule has 0 atom stereocenters. The van der Waals surface area contributed by atoms with Crippen LogP contribution in [-0.4, -0.2) is 17.1 Å². The molecule has 0 heterocycles. The Morgan fingerprint density at radius 2 is 1.50 bits per heavy atom. The lowest BCUT2D eigenvalue weighted by molar-refractivity contribution is 0.508. The lowest BCUT2D eigenvalue weighted by Gasteiger charge is -2.21. The fourth-order valence-electron chi connectivity index (χ4n) is 1.69. The van der Waals surface area contributed by atoms with Crippen molar-refractivity contribution in [3.05, 3.63) is 64.1 Å². The smallest absolute Gasteiger partial charge is 0.173 e. The molecule has 0 fully saturated rings. The maximum atomic E-state index is 5.87. The first-order valence-electron chi connectivity index (χ1n) is 6.07. The molecule has 0 aromatic heterocycles. The summed E-state index contributed by atoms with van der Waals surface area (Å²) >= 11 is 17.1. The quantitative estimate of drug-likeness (QED) is 0.814. The van der Waals surface area contributed by atoms with E-state index in [-0.39, 0.29) is 0 Å². The van der Waals surface area contributed by atoms with Gasteiger partial charge in [-0.15, -0.1) is 0 Å². The van der Waals surface area contributed by atoms with E-state index in [1.165, 1.54) is 0 Å². The molecule has 2 nitrogen and oxygen atoms in total. The summed E-state index contributed by atoms with van der Waals surface area (Å²) in [4.78, 5) is 1.97. The van der Waals surface area contributed by atoms with Crippen LogP contribution < -0.4 is 5.32 Å². The normalized spacial score (nSPS) is 10.2. The van der Waals surface area contributed by atoms with Crippen LogP contribution in [0.1, 0.15) is 5.56 Å². The summed E-state index contributed by atoms with van der Waals surface area (Å²) in [5.41, 5.74) is 2.07. The molecule has 1 N–H and O–H groups in total. The molecular weight excluding hydrogens is 311 g/mol. The largest absolute Gasteiger partial charge is 0.348 e. The van der Waals surface area contributed by atoms with Crippen molar-refractivity contribution in [2.45, 2.75) is 6.54 Å². The lowest BCUT2D eigenvalue weighted by atomic mass is 10.2. The Kier molecular flexibility index (Phi) is 5.24. The number of nitrogens with zero attached hydrogens (tertiary/aromatic N) is 1. The Morgan fingerprint density at radius 3 is 2.05 bits per heavy atom. The van der Waals surface area contributed by atoms with Crippen LogP contribution in [0.5, 0.6) is 0 Å². The Balaban J connectivity index is 1.94. The number of halogens is 2. The molecule has 0 amide bonds. The van der Waals surface area contributed by atoms with Gasteiger partial charge in [0.15, 0.2) is 5.11 Å². The van der Waals surface area contributed by atoms with E-state index in [2.05, 4.69) is 5.32 Å². The van der Waals surface area contributed by atoms with Gasteiger partial charge in [0.1, 0.15) is 0 Å². The predicted octanol–water partition coefficient (Wildman–Crippen LogP) is 4.82. The van der Waals surface area contributed by atoms with E-state index in [0.29, 0.717) is 10.1 Å². The monoisotopic (exact) mass is 324 g/mol. The van der Waals surface area contributed by atoms with Gasteiger partial charge in [0.2, 0.25) is 0 Å². The predicted molar refractivity (Wildman–Crippen MR) is 90.6 cm³/mol. The molecule has 0 spiro atoms. The Labute approximate surface area is 134 Å².